The van der Waals surface area contributed by atoms with Gasteiger partial charge in [0.05, 0.1) is 18.3 Å². The number of hydrogen-bond acceptors (Lipinski definition) is 5. The summed E-state index contributed by atoms with van der Waals surface area (Å²) in [7, 11) is -2.60. The third-order valence-electron chi connectivity index (χ3n) is 10.8. The normalized spacial score (nSPS) is 19.3. The number of carbonyl (C=O) groups excluding carboxylic acids is 1. The third kappa shape index (κ3) is 12.6. The molecule has 270 valence electrons. The second kappa shape index (κ2) is 20.0. The Kier molecular flexibility index (Phi) is 19.6. The standard InChI is InChI=1S/C39H76O5Si2/c1-20-21-22-31(9)37(42-26-41-17)35(13)38(44-46(27(2)3,28(4)5)29(6)7)33(11)24-30(8)23-32(10)36(34(12)25-40)43-45(18,19)39(14,15)16/h20-23,25,27-29,31-38H,1,24,26H2,2-19H3/b22-21-,30-23-/t31-,32-,33-,34-,35+,36+,37-,38+/m0/s1. The lowest BCUT2D eigenvalue weighted by Crippen LogP contribution is -2.54. The largest absolute Gasteiger partial charge is 0.413 e. The summed E-state index contributed by atoms with van der Waals surface area (Å²) in [6, 6.07) is 0. The molecule has 0 aliphatic rings. The Labute approximate surface area is 288 Å². The summed E-state index contributed by atoms with van der Waals surface area (Å²) in [6.07, 6.45) is 10.1. The first-order valence-corrected chi connectivity index (χ1v) is 23.0. The Bertz CT molecular complexity index is 927. The fourth-order valence-corrected chi connectivity index (χ4v) is 14.6. The van der Waals surface area contributed by atoms with Crippen LogP contribution in [0.2, 0.25) is 34.8 Å². The van der Waals surface area contributed by atoms with Crippen molar-refractivity contribution in [3.8, 4) is 0 Å². The van der Waals surface area contributed by atoms with E-state index in [9.17, 15) is 4.79 Å². The molecule has 0 saturated carbocycles. The third-order valence-corrected chi connectivity index (χ3v) is 21.3. The lowest BCUT2D eigenvalue weighted by atomic mass is 9.81. The van der Waals surface area contributed by atoms with E-state index >= 15 is 0 Å². The highest BCUT2D eigenvalue weighted by atomic mass is 28.4. The molecule has 0 heterocycles. The summed E-state index contributed by atoms with van der Waals surface area (Å²) < 4.78 is 26.4. The molecule has 0 spiro atoms. The summed E-state index contributed by atoms with van der Waals surface area (Å²) in [5.41, 5.74) is 2.73. The van der Waals surface area contributed by atoms with E-state index in [0.717, 1.165) is 12.7 Å². The van der Waals surface area contributed by atoms with E-state index in [2.05, 4.69) is 129 Å². The van der Waals surface area contributed by atoms with Gasteiger partial charge in [0.2, 0.25) is 8.32 Å². The number of methoxy groups -OCH3 is 1. The minimum atomic E-state index is -2.21. The van der Waals surface area contributed by atoms with Gasteiger partial charge in [0.15, 0.2) is 8.32 Å². The van der Waals surface area contributed by atoms with Crippen molar-refractivity contribution in [1.29, 1.82) is 0 Å². The van der Waals surface area contributed by atoms with Crippen molar-refractivity contribution in [3.63, 3.8) is 0 Å². The second-order valence-corrected chi connectivity index (χ2v) is 26.8. The van der Waals surface area contributed by atoms with Crippen LogP contribution in [0.5, 0.6) is 0 Å². The predicted molar refractivity (Wildman–Crippen MR) is 204 cm³/mol. The molecule has 0 amide bonds. The van der Waals surface area contributed by atoms with Gasteiger partial charge in [0, 0.05) is 24.9 Å². The Morgan fingerprint density at radius 1 is 0.783 bits per heavy atom. The monoisotopic (exact) mass is 681 g/mol. The van der Waals surface area contributed by atoms with Crippen LogP contribution in [0.1, 0.15) is 110 Å². The maximum Gasteiger partial charge on any atom is 0.200 e. The Hall–Kier alpha value is -0.836. The molecule has 0 rings (SSSR count). The van der Waals surface area contributed by atoms with E-state index in [1.807, 2.05) is 19.1 Å². The minimum Gasteiger partial charge on any atom is -0.413 e. The smallest absolute Gasteiger partial charge is 0.200 e. The molecular weight excluding hydrogens is 605 g/mol. The molecule has 0 aromatic heterocycles. The molecule has 0 aromatic rings. The molecule has 5 nitrogen and oxygen atoms in total. The van der Waals surface area contributed by atoms with E-state index in [-0.39, 0.29) is 59.7 Å². The summed E-state index contributed by atoms with van der Waals surface area (Å²) in [6.45, 7) is 42.9. The van der Waals surface area contributed by atoms with Gasteiger partial charge in [-0.25, -0.2) is 0 Å². The number of aldehydes is 1. The van der Waals surface area contributed by atoms with Crippen LogP contribution in [0.25, 0.3) is 0 Å². The maximum absolute atomic E-state index is 12.0. The van der Waals surface area contributed by atoms with Crippen molar-refractivity contribution >= 4 is 22.9 Å². The van der Waals surface area contributed by atoms with Crippen LogP contribution in [0, 0.1) is 29.6 Å². The minimum absolute atomic E-state index is 0.00728. The van der Waals surface area contributed by atoms with Crippen molar-refractivity contribution in [1.82, 2.24) is 0 Å². The summed E-state index contributed by atoms with van der Waals surface area (Å²) in [5.74, 6) is 0.446. The van der Waals surface area contributed by atoms with E-state index in [1.165, 1.54) is 5.57 Å². The van der Waals surface area contributed by atoms with Gasteiger partial charge in [-0.1, -0.05) is 133 Å². The zero-order valence-electron chi connectivity index (χ0n) is 33.4. The highest BCUT2D eigenvalue weighted by molar-refractivity contribution is 6.77. The number of hydrogen-bond donors (Lipinski definition) is 0. The van der Waals surface area contributed by atoms with Crippen molar-refractivity contribution in [3.05, 3.63) is 36.5 Å². The van der Waals surface area contributed by atoms with Gasteiger partial charge in [-0.3, -0.25) is 0 Å². The Morgan fingerprint density at radius 3 is 1.72 bits per heavy atom. The second-order valence-electron chi connectivity index (χ2n) is 16.7. The Balaban J connectivity index is 6.80. The van der Waals surface area contributed by atoms with Gasteiger partial charge in [0.25, 0.3) is 0 Å². The van der Waals surface area contributed by atoms with E-state index in [0.29, 0.717) is 16.6 Å². The highest BCUT2D eigenvalue weighted by Gasteiger charge is 2.49. The lowest BCUT2D eigenvalue weighted by Gasteiger charge is -2.48. The summed E-state index contributed by atoms with van der Waals surface area (Å²) in [5, 5.41) is 0.0700. The van der Waals surface area contributed by atoms with Crippen LogP contribution in [0.4, 0.5) is 0 Å². The topological polar surface area (TPSA) is 54.0 Å². The molecular formula is C39H76O5Si2. The maximum atomic E-state index is 12.0. The first kappa shape index (κ1) is 45.2. The van der Waals surface area contributed by atoms with Crippen molar-refractivity contribution < 1.29 is 23.1 Å². The first-order chi connectivity index (χ1) is 21.0. The SMILES string of the molecule is C=C/C=C\[C@H](C)[C@H](OCOC)[C@@H](C)[C@H](O[Si](C(C)C)(C(C)C)C(C)C)[C@@H](C)C/C(C)=C\[C@H](C)[C@@H](O[Si](C)(C)C(C)(C)C)[C@@H](C)C=O. The average Bonchev–Trinajstić information content (AvgIpc) is 2.93. The molecule has 0 saturated heterocycles. The zero-order chi connectivity index (χ0) is 36.2. The Morgan fingerprint density at radius 2 is 1.30 bits per heavy atom. The molecule has 0 N–H and O–H groups in total. The van der Waals surface area contributed by atoms with Gasteiger partial charge in [0.1, 0.15) is 13.1 Å². The van der Waals surface area contributed by atoms with Gasteiger partial charge < -0.3 is 23.1 Å². The van der Waals surface area contributed by atoms with E-state index in [1.54, 1.807) is 7.11 Å². The number of carbonyl (C=O) groups is 1. The molecule has 0 aromatic carbocycles. The van der Waals surface area contributed by atoms with Crippen LogP contribution < -0.4 is 0 Å². The van der Waals surface area contributed by atoms with Crippen molar-refractivity contribution in [2.45, 2.75) is 163 Å². The molecule has 0 radical (unpaired) electrons. The first-order valence-electron chi connectivity index (χ1n) is 17.9. The molecule has 0 aliphatic carbocycles. The fraction of sp³-hybridized carbons (Fsp3) is 0.821. The fourth-order valence-electron chi connectivity index (χ4n) is 7.39. The summed E-state index contributed by atoms with van der Waals surface area (Å²) in [4.78, 5) is 12.0. The average molecular weight is 681 g/mol. The molecule has 7 heteroatoms. The number of allylic oxidation sites excluding steroid dienone is 3. The lowest BCUT2D eigenvalue weighted by molar-refractivity contribution is -0.122. The molecule has 46 heavy (non-hydrogen) atoms. The molecule has 8 atom stereocenters. The number of ether oxygens (including phenoxy) is 2. The van der Waals surface area contributed by atoms with Crippen LogP contribution in [-0.4, -0.2) is 55.1 Å². The van der Waals surface area contributed by atoms with Crippen LogP contribution in [-0.2, 0) is 23.1 Å². The van der Waals surface area contributed by atoms with Crippen molar-refractivity contribution in [2.75, 3.05) is 13.9 Å². The molecule has 0 unspecified atom stereocenters. The van der Waals surface area contributed by atoms with Gasteiger partial charge in [-0.2, -0.15) is 0 Å². The quantitative estimate of drug-likeness (QED) is 0.0374. The van der Waals surface area contributed by atoms with E-state index in [4.69, 9.17) is 18.3 Å². The highest BCUT2D eigenvalue weighted by Crippen LogP contribution is 2.46. The van der Waals surface area contributed by atoms with Crippen LogP contribution in [0.15, 0.2) is 36.5 Å². The molecule has 0 aliphatic heterocycles. The molecule has 0 fully saturated rings. The number of rotatable bonds is 22. The van der Waals surface area contributed by atoms with Gasteiger partial charge in [-0.05, 0) is 59.9 Å². The van der Waals surface area contributed by atoms with Gasteiger partial charge >= 0.3 is 0 Å². The zero-order valence-corrected chi connectivity index (χ0v) is 35.4. The summed E-state index contributed by atoms with van der Waals surface area (Å²) >= 11 is 0. The van der Waals surface area contributed by atoms with E-state index < -0.39 is 16.6 Å². The van der Waals surface area contributed by atoms with Crippen molar-refractivity contribution in [2.24, 2.45) is 29.6 Å². The predicted octanol–water partition coefficient (Wildman–Crippen LogP) is 11.4. The van der Waals surface area contributed by atoms with Gasteiger partial charge in [-0.15, -0.1) is 0 Å². The van der Waals surface area contributed by atoms with Crippen LogP contribution >= 0.6 is 0 Å². The van der Waals surface area contributed by atoms with Crippen LogP contribution in [0.3, 0.4) is 0 Å². The molecule has 0 bridgehead atoms.